The van der Waals surface area contributed by atoms with E-state index in [2.05, 4.69) is 21.0 Å². The van der Waals surface area contributed by atoms with Crippen LogP contribution in [0.2, 0.25) is 0 Å². The summed E-state index contributed by atoms with van der Waals surface area (Å²) in [6, 6.07) is 12.8. The van der Waals surface area contributed by atoms with Crippen molar-refractivity contribution in [2.45, 2.75) is 0 Å². The first-order valence-corrected chi connectivity index (χ1v) is 7.55. The van der Waals surface area contributed by atoms with Crippen LogP contribution in [0.1, 0.15) is 5.56 Å². The summed E-state index contributed by atoms with van der Waals surface area (Å²) in [4.78, 5) is 14.0. The third-order valence-corrected chi connectivity index (χ3v) is 4.23. The Hall–Kier alpha value is -3.24. The van der Waals surface area contributed by atoms with Crippen molar-refractivity contribution in [3.05, 3.63) is 48.2 Å². The molecule has 0 aliphatic rings. The molecule has 0 bridgehead atoms. The summed E-state index contributed by atoms with van der Waals surface area (Å²) < 4.78 is 5.36. The summed E-state index contributed by atoms with van der Waals surface area (Å²) in [6.07, 6.45) is 1.59. The van der Waals surface area contributed by atoms with E-state index in [1.807, 2.05) is 12.1 Å². The van der Waals surface area contributed by atoms with E-state index in [4.69, 9.17) is 15.4 Å². The summed E-state index contributed by atoms with van der Waals surface area (Å²) in [5.41, 5.74) is 7.87. The molecule has 1 aromatic carbocycles. The Morgan fingerprint density at radius 3 is 2.83 bits per heavy atom. The van der Waals surface area contributed by atoms with Crippen molar-refractivity contribution in [1.29, 1.82) is 5.26 Å². The van der Waals surface area contributed by atoms with Gasteiger partial charge >= 0.3 is 0 Å². The number of anilines is 1. The summed E-state index contributed by atoms with van der Waals surface area (Å²) in [6.45, 7) is 0. The lowest BCUT2D eigenvalue weighted by molar-refractivity contribution is 0.582. The van der Waals surface area contributed by atoms with Crippen LogP contribution in [0.15, 0.2) is 47.1 Å². The van der Waals surface area contributed by atoms with E-state index in [1.165, 1.54) is 11.3 Å². The van der Waals surface area contributed by atoms with Crippen LogP contribution in [0.3, 0.4) is 0 Å². The molecule has 0 atom stereocenters. The van der Waals surface area contributed by atoms with Crippen molar-refractivity contribution in [1.82, 2.24) is 15.0 Å². The van der Waals surface area contributed by atoms with Crippen LogP contribution < -0.4 is 5.73 Å². The van der Waals surface area contributed by atoms with Crippen molar-refractivity contribution in [2.24, 2.45) is 0 Å². The molecule has 110 valence electrons. The average Bonchev–Trinajstić information content (AvgIpc) is 3.24. The number of benzene rings is 1. The lowest BCUT2D eigenvalue weighted by atomic mass is 10.1. The molecule has 23 heavy (non-hydrogen) atoms. The molecule has 0 saturated carbocycles. The van der Waals surface area contributed by atoms with Crippen molar-refractivity contribution in [3.8, 4) is 28.2 Å². The van der Waals surface area contributed by atoms with Gasteiger partial charge in [0.1, 0.15) is 10.3 Å². The van der Waals surface area contributed by atoms with Crippen LogP contribution in [0, 0.1) is 11.3 Å². The van der Waals surface area contributed by atoms with Gasteiger partial charge in [0, 0.05) is 5.56 Å². The number of rotatable bonds is 2. The van der Waals surface area contributed by atoms with Crippen LogP contribution in [-0.2, 0) is 0 Å². The fourth-order valence-electron chi connectivity index (χ4n) is 2.21. The van der Waals surface area contributed by atoms with Gasteiger partial charge in [0.05, 0.1) is 17.9 Å². The topological polar surface area (TPSA) is 102 Å². The number of hydrogen-bond acceptors (Lipinski definition) is 7. The van der Waals surface area contributed by atoms with Crippen LogP contribution in [-0.4, -0.2) is 15.0 Å². The monoisotopic (exact) mass is 319 g/mol. The maximum Gasteiger partial charge on any atom is 0.163 e. The second kappa shape index (κ2) is 5.19. The minimum atomic E-state index is 0.307. The highest BCUT2D eigenvalue weighted by molar-refractivity contribution is 7.21. The first-order valence-electron chi connectivity index (χ1n) is 6.73. The third kappa shape index (κ3) is 2.31. The predicted octanol–water partition coefficient (Wildman–Crippen LogP) is 3.47. The van der Waals surface area contributed by atoms with E-state index in [9.17, 15) is 0 Å². The quantitative estimate of drug-likeness (QED) is 0.607. The summed E-state index contributed by atoms with van der Waals surface area (Å²) in [5, 5.41) is 9.71. The Labute approximate surface area is 134 Å². The smallest absolute Gasteiger partial charge is 0.163 e. The molecule has 0 fully saturated rings. The number of nitrogens with zero attached hydrogens (tertiary/aromatic N) is 4. The first-order chi connectivity index (χ1) is 11.2. The van der Waals surface area contributed by atoms with Crippen LogP contribution in [0.5, 0.6) is 0 Å². The fraction of sp³-hybridized carbons (Fsp3) is 0. The molecule has 4 rings (SSSR count). The Bertz CT molecular complexity index is 1050. The number of aromatic nitrogens is 3. The standard InChI is InChI=1S/C16H9N5OS/c17-8-9-3-1-4-10(7-9)14-20-13(18)12-16(21-14)23-15(19-12)11-5-2-6-22-11/h1-7H,(H2,18,20,21). The van der Waals surface area contributed by atoms with Gasteiger partial charge in [0.2, 0.25) is 0 Å². The van der Waals surface area contributed by atoms with Crippen LogP contribution >= 0.6 is 11.3 Å². The predicted molar refractivity (Wildman–Crippen MR) is 87.5 cm³/mol. The zero-order valence-electron chi connectivity index (χ0n) is 11.7. The van der Waals surface area contributed by atoms with Gasteiger partial charge in [-0.25, -0.2) is 15.0 Å². The molecule has 0 radical (unpaired) electrons. The second-order valence-corrected chi connectivity index (χ2v) is 5.75. The Morgan fingerprint density at radius 2 is 2.04 bits per heavy atom. The number of fused-ring (bicyclic) bond motifs is 1. The summed E-state index contributed by atoms with van der Waals surface area (Å²) >= 11 is 1.39. The van der Waals surface area contributed by atoms with Gasteiger partial charge in [-0.2, -0.15) is 5.26 Å². The van der Waals surface area contributed by atoms with E-state index < -0.39 is 0 Å². The van der Waals surface area contributed by atoms with Gasteiger partial charge in [0.15, 0.2) is 22.4 Å². The molecule has 0 aliphatic heterocycles. The normalized spacial score (nSPS) is 10.7. The number of furan rings is 1. The summed E-state index contributed by atoms with van der Waals surface area (Å²) in [5.74, 6) is 1.45. The number of nitrogens with two attached hydrogens (primary N) is 1. The molecule has 6 nitrogen and oxygen atoms in total. The van der Waals surface area contributed by atoms with Crippen molar-refractivity contribution < 1.29 is 4.42 Å². The van der Waals surface area contributed by atoms with E-state index in [-0.39, 0.29) is 0 Å². The zero-order valence-corrected chi connectivity index (χ0v) is 12.5. The van der Waals surface area contributed by atoms with Crippen molar-refractivity contribution in [2.75, 3.05) is 5.73 Å². The van der Waals surface area contributed by atoms with E-state index >= 15 is 0 Å². The van der Waals surface area contributed by atoms with Crippen LogP contribution in [0.25, 0.3) is 32.5 Å². The highest BCUT2D eigenvalue weighted by atomic mass is 32.1. The number of nitrogen functional groups attached to an aromatic ring is 1. The largest absolute Gasteiger partial charge is 0.462 e. The number of nitriles is 1. The Kier molecular flexibility index (Phi) is 3.03. The van der Waals surface area contributed by atoms with E-state index in [0.29, 0.717) is 38.3 Å². The molecular formula is C16H9N5OS. The average molecular weight is 319 g/mol. The molecule has 0 saturated heterocycles. The first kappa shape index (κ1) is 13.4. The fourth-order valence-corrected chi connectivity index (χ4v) is 3.12. The molecule has 3 aromatic heterocycles. The van der Waals surface area contributed by atoms with Gasteiger partial charge in [-0.05, 0) is 24.3 Å². The third-order valence-electron chi connectivity index (χ3n) is 3.27. The molecule has 3 heterocycles. The minimum Gasteiger partial charge on any atom is -0.462 e. The molecule has 4 aromatic rings. The van der Waals surface area contributed by atoms with Gasteiger partial charge in [-0.1, -0.05) is 23.5 Å². The van der Waals surface area contributed by atoms with Gasteiger partial charge in [-0.3, -0.25) is 0 Å². The SMILES string of the molecule is N#Cc1cccc(-c2nc(N)c3nc(-c4ccco4)sc3n2)c1. The minimum absolute atomic E-state index is 0.307. The molecule has 2 N–H and O–H groups in total. The number of hydrogen-bond donors (Lipinski definition) is 1. The second-order valence-electron chi connectivity index (χ2n) is 4.78. The Balaban J connectivity index is 1.88. The highest BCUT2D eigenvalue weighted by Crippen LogP contribution is 2.32. The van der Waals surface area contributed by atoms with Gasteiger partial charge in [-0.15, -0.1) is 0 Å². The highest BCUT2D eigenvalue weighted by Gasteiger charge is 2.15. The molecule has 7 heteroatoms. The van der Waals surface area contributed by atoms with E-state index in [0.717, 1.165) is 5.56 Å². The van der Waals surface area contributed by atoms with Crippen molar-refractivity contribution >= 4 is 27.5 Å². The van der Waals surface area contributed by atoms with E-state index in [1.54, 1.807) is 30.5 Å². The maximum absolute atomic E-state index is 9.01. The van der Waals surface area contributed by atoms with Crippen LogP contribution in [0.4, 0.5) is 5.82 Å². The lowest BCUT2D eigenvalue weighted by Gasteiger charge is -2.02. The number of thiazole rings is 1. The molecule has 0 spiro atoms. The maximum atomic E-state index is 9.01. The Morgan fingerprint density at radius 1 is 1.13 bits per heavy atom. The summed E-state index contributed by atoms with van der Waals surface area (Å²) in [7, 11) is 0. The molecule has 0 unspecified atom stereocenters. The molecule has 0 aliphatic carbocycles. The lowest BCUT2D eigenvalue weighted by Crippen LogP contribution is -1.97. The zero-order chi connectivity index (χ0) is 15.8. The van der Waals surface area contributed by atoms with Gasteiger partial charge in [0.25, 0.3) is 0 Å². The van der Waals surface area contributed by atoms with Gasteiger partial charge < -0.3 is 10.2 Å². The molecule has 0 amide bonds. The molecular weight excluding hydrogens is 310 g/mol. The van der Waals surface area contributed by atoms with Crippen molar-refractivity contribution in [3.63, 3.8) is 0 Å².